The second-order valence-electron chi connectivity index (χ2n) is 9.55. The molecule has 0 radical (unpaired) electrons. The third-order valence-electron chi connectivity index (χ3n) is 6.72. The molecule has 1 saturated heterocycles. The van der Waals surface area contributed by atoms with Gasteiger partial charge < -0.3 is 21.5 Å². The molecule has 0 aliphatic carbocycles. The van der Waals surface area contributed by atoms with Gasteiger partial charge in [0.25, 0.3) is 0 Å². The zero-order valence-electron chi connectivity index (χ0n) is 21.1. The molecule has 1 aromatic rings. The van der Waals surface area contributed by atoms with Crippen molar-refractivity contribution in [3.63, 3.8) is 0 Å². The smallest absolute Gasteiger partial charge is 0.444 e. The molecule has 1 aromatic heterocycles. The lowest BCUT2D eigenvalue weighted by atomic mass is 9.90. The topological polar surface area (TPSA) is 60.8 Å². The van der Waals surface area contributed by atoms with Crippen molar-refractivity contribution in [1.82, 2.24) is 22.6 Å². The Balaban J connectivity index is 1.24. The summed E-state index contributed by atoms with van der Waals surface area (Å²) < 4.78 is 34.7. The average Bonchev–Trinajstić information content (AvgIpc) is 3.23. The molecule has 0 aromatic carbocycles. The summed E-state index contributed by atoms with van der Waals surface area (Å²) in [7, 11) is 0. The standard InChI is InChI=1S/C25H34BF2IN5O2/c1-19-17-20(2)29-34-24(19)18-23-7-6-22(33(23)26(34,27)28)8-9-25(36)30-10-12-32-15-13-31(14-16-32)11-4-5-21(3)35/h4-7,17-18H,8-16H2,1-3H3,(H,30,36)/q-1/b5-4+. The first-order valence-corrected chi connectivity index (χ1v) is 14.5. The van der Waals surface area contributed by atoms with Gasteiger partial charge in [-0.05, 0) is 93.3 Å². The summed E-state index contributed by atoms with van der Waals surface area (Å²) >= 11 is -0.935. The molecule has 3 aliphatic rings. The number of rotatable bonds is 9. The van der Waals surface area contributed by atoms with E-state index in [-0.39, 0.29) is 24.5 Å². The highest BCUT2D eigenvalue weighted by atomic mass is 127. The molecule has 3 aliphatic heterocycles. The van der Waals surface area contributed by atoms with Crippen molar-refractivity contribution in [2.75, 3.05) is 45.8 Å². The fourth-order valence-electron chi connectivity index (χ4n) is 4.85. The second-order valence-corrected chi connectivity index (χ2v) is 12.8. The highest BCUT2D eigenvalue weighted by Crippen LogP contribution is 2.42. The molecule has 0 saturated carbocycles. The number of aryl methyl sites for hydroxylation is 1. The molecule has 0 atom stereocenters. The summed E-state index contributed by atoms with van der Waals surface area (Å²) in [5, 5.41) is 2.95. The largest absolute Gasteiger partial charge is 0.537 e. The number of carbonyl (C=O) groups is 2. The van der Waals surface area contributed by atoms with Crippen molar-refractivity contribution >= 4 is 49.2 Å². The maximum absolute atomic E-state index is 15.6. The Morgan fingerprint density at radius 2 is 1.83 bits per heavy atom. The number of piperazine rings is 1. The predicted octanol–water partition coefficient (Wildman–Crippen LogP) is 3.22. The molecule has 1 amide bonds. The van der Waals surface area contributed by atoms with Crippen LogP contribution >= 0.6 is 21.0 Å². The second kappa shape index (κ2) is 11.5. The average molecular weight is 612 g/mol. The van der Waals surface area contributed by atoms with Crippen molar-refractivity contribution in [3.05, 3.63) is 53.0 Å². The molecule has 7 nitrogen and oxygen atoms in total. The number of hydrogen-bond acceptors (Lipinski definition) is 5. The zero-order chi connectivity index (χ0) is 25.9. The number of ketones is 1. The molecule has 0 unspecified atom stereocenters. The van der Waals surface area contributed by atoms with Gasteiger partial charge in [0.1, 0.15) is 0 Å². The van der Waals surface area contributed by atoms with E-state index in [0.29, 0.717) is 23.6 Å². The van der Waals surface area contributed by atoms with E-state index in [1.165, 1.54) is 3.02 Å². The first kappa shape index (κ1) is 26.9. The van der Waals surface area contributed by atoms with Crippen molar-refractivity contribution in [1.29, 1.82) is 0 Å². The molecule has 0 bridgehead atoms. The molecule has 1 N–H and O–H groups in total. The number of hydrogen-bond donors (Lipinski definition) is 1. The summed E-state index contributed by atoms with van der Waals surface area (Å²) in [6, 6.07) is 3.46. The lowest BCUT2D eigenvalue weighted by molar-refractivity contribution is -0.121. The summed E-state index contributed by atoms with van der Waals surface area (Å²) in [6.07, 6.45) is 7.83. The minimum Gasteiger partial charge on any atom is -0.444 e. The lowest BCUT2D eigenvalue weighted by Gasteiger charge is -2.46. The van der Waals surface area contributed by atoms with Crippen LogP contribution in [0.2, 0.25) is 0 Å². The van der Waals surface area contributed by atoms with E-state index in [9.17, 15) is 9.59 Å². The van der Waals surface area contributed by atoms with E-state index in [0.717, 1.165) is 52.8 Å². The molecule has 4 heterocycles. The van der Waals surface area contributed by atoms with Gasteiger partial charge >= 0.3 is 6.97 Å². The van der Waals surface area contributed by atoms with Crippen molar-refractivity contribution in [2.45, 2.75) is 33.6 Å². The van der Waals surface area contributed by atoms with E-state index in [4.69, 9.17) is 0 Å². The number of amides is 1. The van der Waals surface area contributed by atoms with Crippen LogP contribution in [0, 0.1) is 0 Å². The number of nitrogens with zero attached hydrogens (tertiary/aromatic N) is 4. The van der Waals surface area contributed by atoms with Gasteiger partial charge in [0, 0.05) is 63.6 Å². The van der Waals surface area contributed by atoms with E-state index >= 15 is 8.63 Å². The van der Waals surface area contributed by atoms with Gasteiger partial charge in [-0.25, -0.2) is 0 Å². The minimum atomic E-state index is -3.92. The molecule has 4 rings (SSSR count). The van der Waals surface area contributed by atoms with E-state index in [1.54, 1.807) is 25.1 Å². The van der Waals surface area contributed by atoms with E-state index < -0.39 is 28.0 Å². The number of halogens is 3. The van der Waals surface area contributed by atoms with Crippen molar-refractivity contribution < 1.29 is 18.2 Å². The fraction of sp³-hybridized carbons (Fsp3) is 0.480. The molecule has 36 heavy (non-hydrogen) atoms. The highest BCUT2D eigenvalue weighted by Gasteiger charge is 2.42. The molecular weight excluding hydrogens is 578 g/mol. The maximum atomic E-state index is 15.6. The molecule has 11 heteroatoms. The molecule has 1 fully saturated rings. The van der Waals surface area contributed by atoms with Crippen LogP contribution in [-0.4, -0.2) is 85.3 Å². The first-order chi connectivity index (χ1) is 17.1. The Hall–Kier alpha value is -2.12. The highest BCUT2D eigenvalue weighted by molar-refractivity contribution is 14.2. The predicted molar refractivity (Wildman–Crippen MR) is 150 cm³/mol. The van der Waals surface area contributed by atoms with Crippen LogP contribution in [0.25, 0.3) is 6.08 Å². The first-order valence-electron chi connectivity index (χ1n) is 12.4. The van der Waals surface area contributed by atoms with Crippen LogP contribution < -0.4 is 5.32 Å². The van der Waals surface area contributed by atoms with Crippen LogP contribution in [-0.2, 0) is 16.0 Å². The third kappa shape index (κ3) is 6.23. The third-order valence-corrected chi connectivity index (χ3v) is 9.50. The fourth-order valence-corrected chi connectivity index (χ4v) is 7.64. The Bertz CT molecular complexity index is 1140. The van der Waals surface area contributed by atoms with Crippen LogP contribution in [0.5, 0.6) is 0 Å². The van der Waals surface area contributed by atoms with Gasteiger partial charge in [-0.15, -0.1) is 0 Å². The Morgan fingerprint density at radius 1 is 1.11 bits per heavy atom. The summed E-state index contributed by atoms with van der Waals surface area (Å²) in [5.74, 6) is -0.0545. The zero-order valence-corrected chi connectivity index (χ0v) is 23.3. The normalized spacial score (nSPS) is 20.1. The van der Waals surface area contributed by atoms with Crippen molar-refractivity contribution in [3.8, 4) is 0 Å². The number of allylic oxidation sites excluding steroid dienone is 3. The van der Waals surface area contributed by atoms with E-state index in [1.807, 2.05) is 32.1 Å². The SMILES string of the molecule is CC(=O)/C=C/CN1CCN(CCNC(=O)CCc2ccc3n2[B-](F)(F)N2I=C(C)C=C(C)C2=C3)CC1. The summed E-state index contributed by atoms with van der Waals surface area (Å²) in [4.78, 5) is 28.1. The maximum Gasteiger partial charge on any atom is 0.537 e. The van der Waals surface area contributed by atoms with Gasteiger partial charge in [0.05, 0.1) is 0 Å². The number of nitrogens with one attached hydrogen (secondary N) is 1. The van der Waals surface area contributed by atoms with Gasteiger partial charge in [-0.2, -0.15) is 0 Å². The number of fused-ring (bicyclic) bond motifs is 2. The van der Waals surface area contributed by atoms with Gasteiger partial charge in [0.2, 0.25) is 5.91 Å². The minimum absolute atomic E-state index is 0.0615. The Morgan fingerprint density at radius 3 is 2.56 bits per heavy atom. The Kier molecular flexibility index (Phi) is 8.61. The van der Waals surface area contributed by atoms with Crippen LogP contribution in [0.1, 0.15) is 38.6 Å². The molecule has 0 spiro atoms. The van der Waals surface area contributed by atoms with Gasteiger partial charge in [-0.3, -0.25) is 19.4 Å². The summed E-state index contributed by atoms with van der Waals surface area (Å²) in [6.45, 7) is 7.19. The molecular formula is C25H34BF2IN5O2-. The van der Waals surface area contributed by atoms with Crippen LogP contribution in [0.4, 0.5) is 8.63 Å². The van der Waals surface area contributed by atoms with Gasteiger partial charge in [-0.1, -0.05) is 6.08 Å². The lowest BCUT2D eigenvalue weighted by Crippen LogP contribution is -2.51. The van der Waals surface area contributed by atoms with E-state index in [2.05, 4.69) is 15.1 Å². The number of aromatic nitrogens is 1. The van der Waals surface area contributed by atoms with Crippen LogP contribution in [0.15, 0.2) is 41.6 Å². The summed E-state index contributed by atoms with van der Waals surface area (Å²) in [5.41, 5.74) is 2.51. The van der Waals surface area contributed by atoms with Crippen LogP contribution in [0.3, 0.4) is 0 Å². The van der Waals surface area contributed by atoms with Crippen molar-refractivity contribution in [2.24, 2.45) is 0 Å². The monoisotopic (exact) mass is 612 g/mol. The van der Waals surface area contributed by atoms with Gasteiger partial charge in [0.15, 0.2) is 5.78 Å². The Labute approximate surface area is 222 Å². The quantitative estimate of drug-likeness (QED) is 0.201. The number of carbonyl (C=O) groups excluding carboxylic acids is 2. The molecule has 196 valence electrons.